The Labute approximate surface area is 91.5 Å². The van der Waals surface area contributed by atoms with E-state index in [4.69, 9.17) is 17.3 Å². The molecule has 1 heterocycles. The molecule has 76 valence electrons. The van der Waals surface area contributed by atoms with Crippen LogP contribution >= 0.6 is 11.6 Å². The van der Waals surface area contributed by atoms with E-state index < -0.39 is 5.82 Å². The van der Waals surface area contributed by atoms with Crippen molar-refractivity contribution in [3.05, 3.63) is 47.4 Å². The van der Waals surface area contributed by atoms with Gasteiger partial charge in [-0.15, -0.1) is 0 Å². The third-order valence-corrected chi connectivity index (χ3v) is 2.36. The molecule has 0 spiro atoms. The van der Waals surface area contributed by atoms with Crippen molar-refractivity contribution < 1.29 is 4.39 Å². The Bertz CT molecular complexity index is 500. The van der Waals surface area contributed by atoms with Crippen LogP contribution in [0.15, 0.2) is 36.5 Å². The topological polar surface area (TPSA) is 38.9 Å². The Hall–Kier alpha value is -1.61. The van der Waals surface area contributed by atoms with Crippen molar-refractivity contribution in [3.63, 3.8) is 0 Å². The summed E-state index contributed by atoms with van der Waals surface area (Å²) in [6.07, 6.45) is 1.60. The third-order valence-electron chi connectivity index (χ3n) is 2.07. The highest BCUT2D eigenvalue weighted by Crippen LogP contribution is 2.27. The maximum absolute atomic E-state index is 12.9. The quantitative estimate of drug-likeness (QED) is 0.805. The molecule has 2 rings (SSSR count). The van der Waals surface area contributed by atoms with Crippen molar-refractivity contribution in [1.29, 1.82) is 0 Å². The minimum atomic E-state index is -0.442. The summed E-state index contributed by atoms with van der Waals surface area (Å²) in [6, 6.07) is 8.04. The van der Waals surface area contributed by atoms with Gasteiger partial charge in [-0.2, -0.15) is 0 Å². The van der Waals surface area contributed by atoms with Gasteiger partial charge in [0, 0.05) is 11.8 Å². The fourth-order valence-electron chi connectivity index (χ4n) is 1.33. The lowest BCUT2D eigenvalue weighted by atomic mass is 10.1. The van der Waals surface area contributed by atoms with Gasteiger partial charge in [0.25, 0.3) is 0 Å². The van der Waals surface area contributed by atoms with Gasteiger partial charge in [0.15, 0.2) is 0 Å². The van der Waals surface area contributed by atoms with Crippen LogP contribution in [0.1, 0.15) is 0 Å². The Balaban J connectivity index is 2.55. The van der Waals surface area contributed by atoms with Crippen LogP contribution < -0.4 is 5.73 Å². The van der Waals surface area contributed by atoms with E-state index >= 15 is 0 Å². The van der Waals surface area contributed by atoms with Crippen LogP contribution in [-0.2, 0) is 0 Å². The minimum Gasteiger partial charge on any atom is -0.383 e. The second-order valence-electron chi connectivity index (χ2n) is 3.07. The summed E-state index contributed by atoms with van der Waals surface area (Å²) in [4.78, 5) is 3.95. The molecule has 0 radical (unpaired) electrons. The zero-order chi connectivity index (χ0) is 10.8. The molecule has 0 bridgehead atoms. The van der Waals surface area contributed by atoms with Gasteiger partial charge in [-0.1, -0.05) is 17.7 Å². The number of nitrogens with zero attached hydrogens (tertiary/aromatic N) is 1. The SMILES string of the molecule is Nc1ncccc1-c1ccc(F)c(Cl)c1. The second kappa shape index (κ2) is 3.87. The Kier molecular flexibility index (Phi) is 2.56. The van der Waals surface area contributed by atoms with E-state index in [2.05, 4.69) is 4.98 Å². The van der Waals surface area contributed by atoms with E-state index in [9.17, 15) is 4.39 Å². The van der Waals surface area contributed by atoms with E-state index in [-0.39, 0.29) is 5.02 Å². The number of hydrogen-bond donors (Lipinski definition) is 1. The molecule has 2 aromatic rings. The predicted octanol–water partition coefficient (Wildman–Crippen LogP) is 3.12. The van der Waals surface area contributed by atoms with Crippen LogP contribution in [0.3, 0.4) is 0 Å². The number of rotatable bonds is 1. The maximum atomic E-state index is 12.9. The molecule has 0 aliphatic rings. The van der Waals surface area contributed by atoms with Gasteiger partial charge < -0.3 is 5.73 Å². The van der Waals surface area contributed by atoms with Crippen molar-refractivity contribution in [2.75, 3.05) is 5.73 Å². The van der Waals surface area contributed by atoms with Gasteiger partial charge >= 0.3 is 0 Å². The van der Waals surface area contributed by atoms with Gasteiger partial charge in [-0.3, -0.25) is 0 Å². The summed E-state index contributed by atoms with van der Waals surface area (Å²) >= 11 is 5.68. The molecule has 4 heteroatoms. The van der Waals surface area contributed by atoms with Gasteiger partial charge in [-0.05, 0) is 29.8 Å². The van der Waals surface area contributed by atoms with Crippen molar-refractivity contribution in [2.45, 2.75) is 0 Å². The molecule has 0 amide bonds. The first kappa shape index (κ1) is 9.93. The van der Waals surface area contributed by atoms with Crippen LogP contribution in [0.2, 0.25) is 5.02 Å². The molecule has 0 saturated carbocycles. The summed E-state index contributed by atoms with van der Waals surface area (Å²) in [5, 5.41) is 0.0794. The molecule has 1 aromatic heterocycles. The maximum Gasteiger partial charge on any atom is 0.141 e. The van der Waals surface area contributed by atoms with Gasteiger partial charge in [0.05, 0.1) is 5.02 Å². The van der Waals surface area contributed by atoms with Gasteiger partial charge in [0.1, 0.15) is 11.6 Å². The first-order chi connectivity index (χ1) is 7.18. The lowest BCUT2D eigenvalue weighted by Crippen LogP contribution is -1.93. The monoisotopic (exact) mass is 222 g/mol. The van der Waals surface area contributed by atoms with Crippen molar-refractivity contribution in [1.82, 2.24) is 4.98 Å². The summed E-state index contributed by atoms with van der Waals surface area (Å²) in [6.45, 7) is 0. The average molecular weight is 223 g/mol. The third kappa shape index (κ3) is 1.92. The Morgan fingerprint density at radius 2 is 2.07 bits per heavy atom. The normalized spacial score (nSPS) is 10.3. The summed E-state index contributed by atoms with van der Waals surface area (Å²) < 4.78 is 12.9. The molecule has 0 atom stereocenters. The highest BCUT2D eigenvalue weighted by molar-refractivity contribution is 6.31. The summed E-state index contributed by atoms with van der Waals surface area (Å²) in [7, 11) is 0. The number of halogens is 2. The Morgan fingerprint density at radius 1 is 1.27 bits per heavy atom. The number of nitrogens with two attached hydrogens (primary N) is 1. The number of anilines is 1. The largest absolute Gasteiger partial charge is 0.383 e. The van der Waals surface area contributed by atoms with Crippen LogP contribution in [0.5, 0.6) is 0 Å². The van der Waals surface area contributed by atoms with Gasteiger partial charge in [0.2, 0.25) is 0 Å². The highest BCUT2D eigenvalue weighted by atomic mass is 35.5. The molecule has 0 fully saturated rings. The van der Waals surface area contributed by atoms with Crippen LogP contribution in [0.25, 0.3) is 11.1 Å². The van der Waals surface area contributed by atoms with Gasteiger partial charge in [-0.25, -0.2) is 9.37 Å². The molecule has 15 heavy (non-hydrogen) atoms. The van der Waals surface area contributed by atoms with Crippen LogP contribution in [0, 0.1) is 5.82 Å². The number of nitrogen functional groups attached to an aromatic ring is 1. The van der Waals surface area contributed by atoms with E-state index in [1.165, 1.54) is 12.1 Å². The fourth-order valence-corrected chi connectivity index (χ4v) is 1.51. The van der Waals surface area contributed by atoms with Crippen LogP contribution in [0.4, 0.5) is 10.2 Å². The minimum absolute atomic E-state index is 0.0794. The Morgan fingerprint density at radius 3 is 2.73 bits per heavy atom. The predicted molar refractivity (Wildman–Crippen MR) is 59.1 cm³/mol. The number of pyridine rings is 1. The number of aromatic nitrogens is 1. The molecule has 0 unspecified atom stereocenters. The number of benzene rings is 1. The summed E-state index contributed by atoms with van der Waals surface area (Å²) in [5.41, 5.74) is 7.20. The zero-order valence-corrected chi connectivity index (χ0v) is 8.50. The smallest absolute Gasteiger partial charge is 0.141 e. The molecule has 0 saturated heterocycles. The van der Waals surface area contributed by atoms with E-state index in [1.54, 1.807) is 18.3 Å². The molecular weight excluding hydrogens is 215 g/mol. The molecule has 2 N–H and O–H groups in total. The molecule has 0 aliphatic carbocycles. The molecule has 0 aliphatic heterocycles. The second-order valence-corrected chi connectivity index (χ2v) is 3.47. The van der Waals surface area contributed by atoms with Crippen molar-refractivity contribution in [2.24, 2.45) is 0 Å². The lowest BCUT2D eigenvalue weighted by molar-refractivity contribution is 0.628. The first-order valence-electron chi connectivity index (χ1n) is 4.34. The summed E-state index contributed by atoms with van der Waals surface area (Å²) in [5.74, 6) is -0.0388. The zero-order valence-electron chi connectivity index (χ0n) is 7.74. The van der Waals surface area contributed by atoms with Crippen molar-refractivity contribution in [3.8, 4) is 11.1 Å². The highest BCUT2D eigenvalue weighted by Gasteiger charge is 2.05. The first-order valence-corrected chi connectivity index (χ1v) is 4.72. The molecule has 2 nitrogen and oxygen atoms in total. The van der Waals surface area contributed by atoms with E-state index in [0.717, 1.165) is 11.1 Å². The van der Waals surface area contributed by atoms with Crippen LogP contribution in [-0.4, -0.2) is 4.98 Å². The molecule has 1 aromatic carbocycles. The standard InChI is InChI=1S/C11H8ClFN2/c12-9-6-7(3-4-10(9)13)8-2-1-5-15-11(8)14/h1-6H,(H2,14,15). The molecular formula is C11H8ClFN2. The lowest BCUT2D eigenvalue weighted by Gasteiger charge is -2.04. The van der Waals surface area contributed by atoms with E-state index in [1.807, 2.05) is 6.07 Å². The average Bonchev–Trinajstić information content (AvgIpc) is 2.23. The fraction of sp³-hybridized carbons (Fsp3) is 0. The van der Waals surface area contributed by atoms with Crippen molar-refractivity contribution >= 4 is 17.4 Å². The van der Waals surface area contributed by atoms with E-state index in [0.29, 0.717) is 5.82 Å². The number of hydrogen-bond acceptors (Lipinski definition) is 2.